The van der Waals surface area contributed by atoms with Gasteiger partial charge in [-0.2, -0.15) is 0 Å². The van der Waals surface area contributed by atoms with E-state index in [1.807, 2.05) is 23.6 Å². The molecular formula is C22H27N3O. The van der Waals surface area contributed by atoms with E-state index in [-0.39, 0.29) is 11.6 Å². The van der Waals surface area contributed by atoms with Gasteiger partial charge in [0, 0.05) is 28.9 Å². The zero-order valence-electron chi connectivity index (χ0n) is 16.5. The van der Waals surface area contributed by atoms with Gasteiger partial charge in [-0.25, -0.2) is 4.98 Å². The van der Waals surface area contributed by atoms with Crippen molar-refractivity contribution in [2.45, 2.75) is 54.0 Å². The molecule has 0 aliphatic heterocycles. The van der Waals surface area contributed by atoms with Crippen molar-refractivity contribution in [3.8, 4) is 0 Å². The summed E-state index contributed by atoms with van der Waals surface area (Å²) in [6, 6.07) is 10.0. The molecule has 2 aromatic heterocycles. The molecule has 0 aliphatic rings. The van der Waals surface area contributed by atoms with Crippen molar-refractivity contribution in [1.29, 1.82) is 0 Å². The second-order valence-corrected chi connectivity index (χ2v) is 7.24. The molecule has 26 heavy (non-hydrogen) atoms. The van der Waals surface area contributed by atoms with Crippen molar-refractivity contribution in [2.75, 3.05) is 5.32 Å². The second-order valence-electron chi connectivity index (χ2n) is 7.24. The minimum absolute atomic E-state index is 0.0334. The lowest BCUT2D eigenvalue weighted by atomic mass is 10.0. The predicted octanol–water partition coefficient (Wildman–Crippen LogP) is 5.34. The fourth-order valence-electron chi connectivity index (χ4n) is 3.61. The molecule has 0 bridgehead atoms. The van der Waals surface area contributed by atoms with Crippen LogP contribution in [0.15, 0.2) is 35.1 Å². The highest BCUT2D eigenvalue weighted by Gasteiger charge is 2.14. The summed E-state index contributed by atoms with van der Waals surface area (Å²) in [4.78, 5) is 17.2. The number of pyridine rings is 2. The maximum atomic E-state index is 12.5. The molecule has 2 heterocycles. The Kier molecular flexibility index (Phi) is 4.86. The van der Waals surface area contributed by atoms with Gasteiger partial charge >= 0.3 is 0 Å². The monoisotopic (exact) mass is 349 g/mol. The van der Waals surface area contributed by atoms with Crippen LogP contribution >= 0.6 is 0 Å². The Bertz CT molecular complexity index is 1010. The highest BCUT2D eigenvalue weighted by molar-refractivity contribution is 5.92. The van der Waals surface area contributed by atoms with Crippen LogP contribution in [0.25, 0.3) is 10.9 Å². The zero-order chi connectivity index (χ0) is 19.0. The molecule has 3 aromatic rings. The van der Waals surface area contributed by atoms with E-state index in [0.29, 0.717) is 0 Å². The molecule has 0 amide bonds. The Morgan fingerprint density at radius 1 is 1.08 bits per heavy atom. The van der Waals surface area contributed by atoms with E-state index in [1.54, 1.807) is 6.07 Å². The van der Waals surface area contributed by atoms with Crippen LogP contribution < -0.4 is 10.9 Å². The molecule has 0 fully saturated rings. The first kappa shape index (κ1) is 18.2. The SMILES string of the molecule is CCC(C)n1c(=O)ccc2c(Nc3c(C)cc(C)cc3C)nc(C)cc21. The van der Waals surface area contributed by atoms with E-state index in [0.717, 1.165) is 34.5 Å². The maximum absolute atomic E-state index is 12.5. The van der Waals surface area contributed by atoms with Crippen molar-refractivity contribution < 1.29 is 0 Å². The molecule has 0 saturated carbocycles. The van der Waals surface area contributed by atoms with E-state index < -0.39 is 0 Å². The van der Waals surface area contributed by atoms with Crippen LogP contribution in [0, 0.1) is 27.7 Å². The van der Waals surface area contributed by atoms with E-state index in [4.69, 9.17) is 4.98 Å². The van der Waals surface area contributed by atoms with E-state index in [9.17, 15) is 4.79 Å². The zero-order valence-corrected chi connectivity index (χ0v) is 16.5. The van der Waals surface area contributed by atoms with Crippen molar-refractivity contribution in [3.05, 3.63) is 63.1 Å². The minimum Gasteiger partial charge on any atom is -0.339 e. The van der Waals surface area contributed by atoms with Crippen LogP contribution in [0.2, 0.25) is 0 Å². The molecule has 136 valence electrons. The Morgan fingerprint density at radius 3 is 2.35 bits per heavy atom. The standard InChI is InChI=1S/C22H27N3O/c1-7-17(6)25-19-12-16(5)23-22(18(19)8-9-20(25)26)24-21-14(3)10-13(2)11-15(21)4/h8-12,17H,7H2,1-6H3,(H,23,24). The number of anilines is 2. The maximum Gasteiger partial charge on any atom is 0.251 e. The third-order valence-corrected chi connectivity index (χ3v) is 5.01. The van der Waals surface area contributed by atoms with Gasteiger partial charge in [0.15, 0.2) is 0 Å². The number of nitrogens with one attached hydrogen (secondary N) is 1. The molecule has 0 spiro atoms. The summed E-state index contributed by atoms with van der Waals surface area (Å²) in [5, 5.41) is 4.50. The van der Waals surface area contributed by atoms with Crippen LogP contribution in [-0.4, -0.2) is 9.55 Å². The predicted molar refractivity (Wildman–Crippen MR) is 110 cm³/mol. The summed E-state index contributed by atoms with van der Waals surface area (Å²) >= 11 is 0. The van der Waals surface area contributed by atoms with Crippen LogP contribution in [0.1, 0.15) is 48.7 Å². The topological polar surface area (TPSA) is 46.9 Å². The minimum atomic E-state index is 0.0334. The largest absolute Gasteiger partial charge is 0.339 e. The van der Waals surface area contributed by atoms with Crippen LogP contribution in [-0.2, 0) is 0 Å². The lowest BCUT2D eigenvalue weighted by Gasteiger charge is -2.19. The molecule has 4 heteroatoms. The quantitative estimate of drug-likeness (QED) is 0.691. The van der Waals surface area contributed by atoms with Crippen molar-refractivity contribution in [2.24, 2.45) is 0 Å². The number of hydrogen-bond acceptors (Lipinski definition) is 3. The molecular weight excluding hydrogens is 322 g/mol. The molecule has 1 atom stereocenters. The fraction of sp³-hybridized carbons (Fsp3) is 0.364. The number of hydrogen-bond donors (Lipinski definition) is 1. The van der Waals surface area contributed by atoms with Gasteiger partial charge < -0.3 is 9.88 Å². The number of aryl methyl sites for hydroxylation is 4. The summed E-state index contributed by atoms with van der Waals surface area (Å²) in [6.07, 6.45) is 0.902. The average molecular weight is 349 g/mol. The van der Waals surface area contributed by atoms with Gasteiger partial charge in [-0.15, -0.1) is 0 Å². The second kappa shape index (κ2) is 6.94. The summed E-state index contributed by atoms with van der Waals surface area (Å²) in [7, 11) is 0. The number of benzene rings is 1. The van der Waals surface area contributed by atoms with Crippen LogP contribution in [0.3, 0.4) is 0 Å². The molecule has 4 nitrogen and oxygen atoms in total. The van der Waals surface area contributed by atoms with E-state index in [1.165, 1.54) is 16.7 Å². The number of fused-ring (bicyclic) bond motifs is 1. The van der Waals surface area contributed by atoms with Gasteiger partial charge in [0.1, 0.15) is 5.82 Å². The Morgan fingerprint density at radius 2 is 1.73 bits per heavy atom. The molecule has 1 aromatic carbocycles. The Balaban J connectivity index is 2.24. The van der Waals surface area contributed by atoms with Crippen molar-refractivity contribution in [3.63, 3.8) is 0 Å². The van der Waals surface area contributed by atoms with Crippen LogP contribution in [0.5, 0.6) is 0 Å². The first-order chi connectivity index (χ1) is 12.3. The molecule has 0 saturated heterocycles. The van der Waals surface area contributed by atoms with E-state index >= 15 is 0 Å². The molecule has 0 aliphatic carbocycles. The van der Waals surface area contributed by atoms with E-state index in [2.05, 4.69) is 52.1 Å². The van der Waals surface area contributed by atoms with Crippen LogP contribution in [0.4, 0.5) is 11.5 Å². The normalized spacial score (nSPS) is 12.4. The number of aromatic nitrogens is 2. The molecule has 1 N–H and O–H groups in total. The Labute approximate surface area is 154 Å². The lowest BCUT2D eigenvalue weighted by Crippen LogP contribution is -2.22. The Hall–Kier alpha value is -2.62. The van der Waals surface area contributed by atoms with Gasteiger partial charge in [-0.05, 0) is 64.3 Å². The number of rotatable bonds is 4. The summed E-state index contributed by atoms with van der Waals surface area (Å²) in [6.45, 7) is 12.5. The summed E-state index contributed by atoms with van der Waals surface area (Å²) < 4.78 is 1.88. The molecule has 1 unspecified atom stereocenters. The van der Waals surface area contributed by atoms with Gasteiger partial charge in [0.25, 0.3) is 5.56 Å². The summed E-state index contributed by atoms with van der Waals surface area (Å²) in [5.41, 5.74) is 6.57. The van der Waals surface area contributed by atoms with Gasteiger partial charge in [0.05, 0.1) is 5.52 Å². The van der Waals surface area contributed by atoms with Gasteiger partial charge in [0.2, 0.25) is 0 Å². The smallest absolute Gasteiger partial charge is 0.251 e. The lowest BCUT2D eigenvalue weighted by molar-refractivity contribution is 0.531. The van der Waals surface area contributed by atoms with Gasteiger partial charge in [-0.3, -0.25) is 4.79 Å². The highest BCUT2D eigenvalue weighted by atomic mass is 16.1. The first-order valence-corrected chi connectivity index (χ1v) is 9.19. The molecule has 0 radical (unpaired) electrons. The fourth-order valence-corrected chi connectivity index (χ4v) is 3.61. The summed E-state index contributed by atoms with van der Waals surface area (Å²) in [5.74, 6) is 0.798. The van der Waals surface area contributed by atoms with Crippen molar-refractivity contribution >= 4 is 22.4 Å². The van der Waals surface area contributed by atoms with Gasteiger partial charge in [-0.1, -0.05) is 24.6 Å². The average Bonchev–Trinajstić information content (AvgIpc) is 2.56. The number of nitrogens with zero attached hydrogens (tertiary/aromatic N) is 2. The third-order valence-electron chi connectivity index (χ3n) is 5.01. The van der Waals surface area contributed by atoms with Crippen molar-refractivity contribution in [1.82, 2.24) is 9.55 Å². The third kappa shape index (κ3) is 3.24. The first-order valence-electron chi connectivity index (χ1n) is 9.19. The highest BCUT2D eigenvalue weighted by Crippen LogP contribution is 2.30. The molecule has 3 rings (SSSR count).